The van der Waals surface area contributed by atoms with Crippen molar-refractivity contribution in [3.05, 3.63) is 43.2 Å². The van der Waals surface area contributed by atoms with E-state index >= 15 is 0 Å². The number of halogens is 1. The number of pyridine rings is 1. The van der Waals surface area contributed by atoms with Crippen molar-refractivity contribution in [2.24, 2.45) is 7.05 Å². The monoisotopic (exact) mass is 371 g/mol. The van der Waals surface area contributed by atoms with Gasteiger partial charge in [0.15, 0.2) is 5.43 Å². The highest BCUT2D eigenvalue weighted by atomic mass is 127. The zero-order valence-electron chi connectivity index (χ0n) is 10.7. The molecule has 0 unspecified atom stereocenters. The van der Waals surface area contributed by atoms with E-state index in [2.05, 4.69) is 22.6 Å². The molecule has 0 aliphatic carbocycles. The van der Waals surface area contributed by atoms with Crippen molar-refractivity contribution in [2.45, 2.75) is 19.8 Å². The van der Waals surface area contributed by atoms with Gasteiger partial charge >= 0.3 is 5.97 Å². The van der Waals surface area contributed by atoms with Gasteiger partial charge in [-0.1, -0.05) is 0 Å². The van der Waals surface area contributed by atoms with Gasteiger partial charge in [0.1, 0.15) is 0 Å². The van der Waals surface area contributed by atoms with Crippen molar-refractivity contribution in [2.75, 3.05) is 0 Å². The summed E-state index contributed by atoms with van der Waals surface area (Å²) in [7, 11) is 1.90. The number of carboxylic acids is 1. The van der Waals surface area contributed by atoms with Gasteiger partial charge in [-0.05, 0) is 54.1 Å². The number of hydrogen-bond donors (Lipinski definition) is 1. The molecule has 0 fully saturated rings. The summed E-state index contributed by atoms with van der Waals surface area (Å²) < 4.78 is 2.94. The molecule has 0 bridgehead atoms. The zero-order chi connectivity index (χ0) is 14.2. The third kappa shape index (κ3) is 2.65. The summed E-state index contributed by atoms with van der Waals surface area (Å²) in [6, 6.07) is 5.73. The molecule has 5 heteroatoms. The third-order valence-electron chi connectivity index (χ3n) is 3.37. The van der Waals surface area contributed by atoms with Crippen molar-refractivity contribution >= 4 is 39.5 Å². The number of aliphatic carboxylic acids is 1. The average molecular weight is 371 g/mol. The van der Waals surface area contributed by atoms with Gasteiger partial charge in [0.2, 0.25) is 0 Å². The summed E-state index contributed by atoms with van der Waals surface area (Å²) in [6.07, 6.45) is 0.251. The molecule has 0 radical (unpaired) electrons. The van der Waals surface area contributed by atoms with Crippen LogP contribution < -0.4 is 5.43 Å². The van der Waals surface area contributed by atoms with Crippen molar-refractivity contribution in [1.29, 1.82) is 0 Å². The number of aromatic nitrogens is 1. The normalized spacial score (nSPS) is 10.9. The van der Waals surface area contributed by atoms with Crippen LogP contribution in [0.3, 0.4) is 0 Å². The molecule has 0 atom stereocenters. The molecule has 0 aliphatic rings. The number of carboxylic acid groups (broad SMARTS) is 1. The minimum absolute atomic E-state index is 0.0223. The predicted molar refractivity (Wildman–Crippen MR) is 82.6 cm³/mol. The maximum atomic E-state index is 12.5. The van der Waals surface area contributed by atoms with Crippen molar-refractivity contribution in [1.82, 2.24) is 4.57 Å². The van der Waals surface area contributed by atoms with E-state index in [4.69, 9.17) is 5.11 Å². The Labute approximate surface area is 124 Å². The second-order valence-electron chi connectivity index (χ2n) is 4.51. The molecule has 1 aromatic heterocycles. The average Bonchev–Trinajstić information content (AvgIpc) is 2.35. The largest absolute Gasteiger partial charge is 0.481 e. The van der Waals surface area contributed by atoms with Crippen LogP contribution in [0.25, 0.3) is 10.9 Å². The molecule has 2 aromatic rings. The second kappa shape index (κ2) is 5.32. The number of hydrogen-bond acceptors (Lipinski definition) is 2. The molecule has 100 valence electrons. The lowest BCUT2D eigenvalue weighted by molar-refractivity contribution is -0.136. The Balaban J connectivity index is 2.71. The van der Waals surface area contributed by atoms with Crippen LogP contribution in [0.15, 0.2) is 23.0 Å². The van der Waals surface area contributed by atoms with E-state index in [1.807, 2.05) is 36.7 Å². The van der Waals surface area contributed by atoms with Crippen molar-refractivity contribution in [3.8, 4) is 0 Å². The van der Waals surface area contributed by atoms with Gasteiger partial charge < -0.3 is 9.67 Å². The fourth-order valence-electron chi connectivity index (χ4n) is 2.22. The van der Waals surface area contributed by atoms with Crippen molar-refractivity contribution < 1.29 is 9.90 Å². The molecule has 0 saturated carbocycles. The molecule has 1 aromatic carbocycles. The van der Waals surface area contributed by atoms with Crippen LogP contribution in [0.1, 0.15) is 17.7 Å². The van der Waals surface area contributed by atoms with Crippen LogP contribution >= 0.6 is 22.6 Å². The molecule has 0 amide bonds. The van der Waals surface area contributed by atoms with E-state index in [9.17, 15) is 9.59 Å². The summed E-state index contributed by atoms with van der Waals surface area (Å²) in [4.78, 5) is 23.1. The molecule has 0 aliphatic heterocycles. The first-order valence-electron chi connectivity index (χ1n) is 5.91. The van der Waals surface area contributed by atoms with Gasteiger partial charge in [-0.3, -0.25) is 9.59 Å². The maximum absolute atomic E-state index is 12.5. The van der Waals surface area contributed by atoms with Crippen LogP contribution in [-0.2, 0) is 18.3 Å². The fourth-order valence-corrected chi connectivity index (χ4v) is 2.71. The lowest BCUT2D eigenvalue weighted by atomic mass is 10.0. The third-order valence-corrected chi connectivity index (χ3v) is 4.04. The molecule has 19 heavy (non-hydrogen) atoms. The zero-order valence-corrected chi connectivity index (χ0v) is 12.9. The van der Waals surface area contributed by atoms with Crippen LogP contribution in [0, 0.1) is 10.5 Å². The molecule has 4 nitrogen and oxygen atoms in total. The Morgan fingerprint density at radius 2 is 2.11 bits per heavy atom. The van der Waals surface area contributed by atoms with E-state index in [1.54, 1.807) is 0 Å². The first-order valence-corrected chi connectivity index (χ1v) is 6.99. The minimum Gasteiger partial charge on any atom is -0.481 e. The van der Waals surface area contributed by atoms with Crippen LogP contribution in [0.4, 0.5) is 0 Å². The molecule has 0 saturated heterocycles. The number of nitrogens with zero attached hydrogens (tertiary/aromatic N) is 1. The first-order chi connectivity index (χ1) is 8.91. The summed E-state index contributed by atoms with van der Waals surface area (Å²) in [5, 5.41) is 9.43. The predicted octanol–water partition coefficient (Wildman–Crippen LogP) is 2.47. The Bertz CT molecular complexity index is 719. The van der Waals surface area contributed by atoms with E-state index in [1.165, 1.54) is 0 Å². The van der Waals surface area contributed by atoms with Crippen LogP contribution in [0.2, 0.25) is 0 Å². The SMILES string of the molecule is Cc1c(CCC(=O)O)c(=O)c2cc(I)ccc2n1C. The fraction of sp³-hybridized carbons (Fsp3) is 0.286. The Morgan fingerprint density at radius 1 is 1.42 bits per heavy atom. The van der Waals surface area contributed by atoms with Gasteiger partial charge in [0, 0.05) is 33.7 Å². The number of benzene rings is 1. The number of carbonyl (C=O) groups is 1. The number of fused-ring (bicyclic) bond motifs is 1. The second-order valence-corrected chi connectivity index (χ2v) is 5.75. The van der Waals surface area contributed by atoms with Gasteiger partial charge in [-0.25, -0.2) is 0 Å². The topological polar surface area (TPSA) is 59.3 Å². The van der Waals surface area contributed by atoms with E-state index in [0.29, 0.717) is 10.9 Å². The van der Waals surface area contributed by atoms with E-state index in [-0.39, 0.29) is 18.3 Å². The lowest BCUT2D eigenvalue weighted by Crippen LogP contribution is -2.18. The highest BCUT2D eigenvalue weighted by Crippen LogP contribution is 2.18. The molecule has 1 heterocycles. The standard InChI is InChI=1S/C14H14INO3/c1-8-10(4-6-13(17)18)14(19)11-7-9(15)3-5-12(11)16(8)2/h3,5,7H,4,6H2,1-2H3,(H,17,18). The van der Waals surface area contributed by atoms with E-state index in [0.717, 1.165) is 14.8 Å². The smallest absolute Gasteiger partial charge is 0.303 e. The molecule has 0 spiro atoms. The van der Waals surface area contributed by atoms with Gasteiger partial charge in [0.25, 0.3) is 0 Å². The maximum Gasteiger partial charge on any atom is 0.303 e. The molecular formula is C14H14INO3. The summed E-state index contributed by atoms with van der Waals surface area (Å²) in [5.41, 5.74) is 2.26. The minimum atomic E-state index is -0.885. The number of aryl methyl sites for hydroxylation is 1. The van der Waals surface area contributed by atoms with Crippen LogP contribution in [0.5, 0.6) is 0 Å². The van der Waals surface area contributed by atoms with Gasteiger partial charge in [-0.15, -0.1) is 0 Å². The summed E-state index contributed by atoms with van der Waals surface area (Å²) in [5.74, 6) is -0.885. The summed E-state index contributed by atoms with van der Waals surface area (Å²) >= 11 is 2.17. The number of rotatable bonds is 3. The summed E-state index contributed by atoms with van der Waals surface area (Å²) in [6.45, 7) is 1.86. The highest BCUT2D eigenvalue weighted by molar-refractivity contribution is 14.1. The molecular weight excluding hydrogens is 357 g/mol. The van der Waals surface area contributed by atoms with Gasteiger partial charge in [0.05, 0.1) is 5.52 Å². The Hall–Kier alpha value is -1.37. The highest BCUT2D eigenvalue weighted by Gasteiger charge is 2.13. The molecule has 2 rings (SSSR count). The Morgan fingerprint density at radius 3 is 2.74 bits per heavy atom. The quantitative estimate of drug-likeness (QED) is 0.844. The molecule has 1 N–H and O–H groups in total. The first kappa shape index (κ1) is 14.0. The van der Waals surface area contributed by atoms with Crippen molar-refractivity contribution in [3.63, 3.8) is 0 Å². The Kier molecular flexibility index (Phi) is 3.93. The van der Waals surface area contributed by atoms with Crippen LogP contribution in [-0.4, -0.2) is 15.6 Å². The van der Waals surface area contributed by atoms with Gasteiger partial charge in [-0.2, -0.15) is 0 Å². The lowest BCUT2D eigenvalue weighted by Gasteiger charge is -2.14. The van der Waals surface area contributed by atoms with E-state index < -0.39 is 5.97 Å².